The van der Waals surface area contributed by atoms with E-state index in [9.17, 15) is 0 Å². The summed E-state index contributed by atoms with van der Waals surface area (Å²) in [4.78, 5) is 9.85. The molecular weight excluding hydrogens is 342 g/mol. The van der Waals surface area contributed by atoms with Crippen molar-refractivity contribution in [3.63, 3.8) is 0 Å². The van der Waals surface area contributed by atoms with Crippen molar-refractivity contribution in [3.05, 3.63) is 53.2 Å². The Morgan fingerprint density at radius 1 is 1.17 bits per heavy atom. The topological polar surface area (TPSA) is 80.5 Å². The summed E-state index contributed by atoms with van der Waals surface area (Å²) in [7, 11) is 0. The Morgan fingerprint density at radius 2 is 2.04 bits per heavy atom. The van der Waals surface area contributed by atoms with E-state index >= 15 is 0 Å². The van der Waals surface area contributed by atoms with Crippen LogP contribution in [-0.2, 0) is 5.75 Å². The maximum Gasteiger partial charge on any atom is 0.268 e. The van der Waals surface area contributed by atoms with Gasteiger partial charge in [-0.1, -0.05) is 52.8 Å². The lowest BCUT2D eigenvalue weighted by Crippen LogP contribution is -1.85. The van der Waals surface area contributed by atoms with E-state index in [0.717, 1.165) is 16.3 Å². The second-order valence-electron chi connectivity index (χ2n) is 5.11. The number of hydrogen-bond acceptors (Lipinski definition) is 7. The number of hydrogen-bond donors (Lipinski definition) is 1. The van der Waals surface area contributed by atoms with Gasteiger partial charge in [-0.15, -0.1) is 16.4 Å². The van der Waals surface area contributed by atoms with Crippen LogP contribution in [0.4, 0.5) is 0 Å². The molecule has 0 aliphatic heterocycles. The zero-order valence-electron chi connectivity index (χ0n) is 12.8. The summed E-state index contributed by atoms with van der Waals surface area (Å²) in [5, 5.41) is 13.8. The van der Waals surface area contributed by atoms with Gasteiger partial charge in [-0.3, -0.25) is 5.10 Å². The molecule has 0 aliphatic carbocycles. The van der Waals surface area contributed by atoms with Crippen LogP contribution in [0.15, 0.2) is 51.5 Å². The van der Waals surface area contributed by atoms with Crippen LogP contribution in [0.1, 0.15) is 11.4 Å². The van der Waals surface area contributed by atoms with Crippen molar-refractivity contribution in [1.82, 2.24) is 25.3 Å². The molecule has 0 aliphatic rings. The molecule has 0 radical (unpaired) electrons. The predicted molar refractivity (Wildman–Crippen MR) is 93.7 cm³/mol. The molecule has 0 amide bonds. The molecule has 1 N–H and O–H groups in total. The van der Waals surface area contributed by atoms with Crippen LogP contribution >= 0.6 is 23.1 Å². The normalized spacial score (nSPS) is 11.0. The van der Waals surface area contributed by atoms with Crippen LogP contribution in [0, 0.1) is 6.92 Å². The largest absolute Gasteiger partial charge is 0.333 e. The minimum Gasteiger partial charge on any atom is -0.333 e. The molecule has 1 aromatic carbocycles. The van der Waals surface area contributed by atoms with Gasteiger partial charge in [0.1, 0.15) is 0 Å². The van der Waals surface area contributed by atoms with Crippen LogP contribution in [0.25, 0.3) is 22.2 Å². The predicted octanol–water partition coefficient (Wildman–Crippen LogP) is 4.18. The van der Waals surface area contributed by atoms with Gasteiger partial charge in [0.25, 0.3) is 5.89 Å². The maximum absolute atomic E-state index is 5.27. The summed E-state index contributed by atoms with van der Waals surface area (Å²) in [6, 6.07) is 12.1. The minimum absolute atomic E-state index is 0.552. The van der Waals surface area contributed by atoms with E-state index in [2.05, 4.69) is 44.4 Å². The van der Waals surface area contributed by atoms with Crippen molar-refractivity contribution >= 4 is 23.1 Å². The Labute approximate surface area is 146 Å². The van der Waals surface area contributed by atoms with E-state index in [1.807, 2.05) is 29.6 Å². The fraction of sp³-hybridized carbons (Fsp3) is 0.125. The first-order valence-corrected chi connectivity index (χ1v) is 9.13. The summed E-state index contributed by atoms with van der Waals surface area (Å²) in [5.41, 5.74) is 2.23. The molecule has 0 bridgehead atoms. The first-order chi connectivity index (χ1) is 11.8. The average Bonchev–Trinajstić information content (AvgIpc) is 3.34. The number of H-pyrrole nitrogens is 1. The molecule has 0 fully saturated rings. The van der Waals surface area contributed by atoms with Crippen molar-refractivity contribution in [3.8, 4) is 22.2 Å². The van der Waals surface area contributed by atoms with Gasteiger partial charge in [-0.25, -0.2) is 4.98 Å². The third-order valence-corrected chi connectivity index (χ3v) is 5.02. The van der Waals surface area contributed by atoms with Crippen LogP contribution in [-0.4, -0.2) is 25.3 Å². The molecule has 0 atom stereocenters. The molecular formula is C16H13N5OS2. The van der Waals surface area contributed by atoms with E-state index in [0.29, 0.717) is 22.6 Å². The van der Waals surface area contributed by atoms with Crippen LogP contribution in [0.2, 0.25) is 0 Å². The van der Waals surface area contributed by atoms with Crippen molar-refractivity contribution in [2.24, 2.45) is 0 Å². The lowest BCUT2D eigenvalue weighted by atomic mass is 10.1. The third kappa shape index (κ3) is 3.24. The Bertz CT molecular complexity index is 928. The number of aryl methyl sites for hydroxylation is 1. The molecule has 0 spiro atoms. The fourth-order valence-corrected chi connectivity index (χ4v) is 3.38. The number of benzene rings is 1. The quantitative estimate of drug-likeness (QED) is 0.541. The molecule has 0 saturated heterocycles. The maximum atomic E-state index is 5.27. The summed E-state index contributed by atoms with van der Waals surface area (Å²) in [5.74, 6) is 2.49. The van der Waals surface area contributed by atoms with Gasteiger partial charge < -0.3 is 4.52 Å². The highest BCUT2D eigenvalue weighted by atomic mass is 32.2. The Kier molecular flexibility index (Phi) is 4.14. The Morgan fingerprint density at radius 3 is 2.83 bits per heavy atom. The summed E-state index contributed by atoms with van der Waals surface area (Å²) in [6.45, 7) is 2.06. The molecule has 0 saturated carbocycles. The number of thiophene rings is 1. The van der Waals surface area contributed by atoms with Crippen molar-refractivity contribution < 1.29 is 4.52 Å². The zero-order valence-corrected chi connectivity index (χ0v) is 14.4. The molecule has 120 valence electrons. The third-order valence-electron chi connectivity index (χ3n) is 3.32. The molecule has 3 aromatic heterocycles. The van der Waals surface area contributed by atoms with E-state index in [-0.39, 0.29) is 0 Å². The summed E-state index contributed by atoms with van der Waals surface area (Å²) in [6.07, 6.45) is 0. The Balaban J connectivity index is 1.42. The molecule has 0 unspecified atom stereocenters. The first-order valence-electron chi connectivity index (χ1n) is 7.26. The van der Waals surface area contributed by atoms with E-state index < -0.39 is 0 Å². The summed E-state index contributed by atoms with van der Waals surface area (Å²) < 4.78 is 5.27. The monoisotopic (exact) mass is 355 g/mol. The lowest BCUT2D eigenvalue weighted by Gasteiger charge is -1.95. The lowest BCUT2D eigenvalue weighted by molar-refractivity contribution is 0.426. The molecule has 3 heterocycles. The van der Waals surface area contributed by atoms with Crippen molar-refractivity contribution in [1.29, 1.82) is 0 Å². The number of aromatic amines is 1. The first kappa shape index (κ1) is 15.1. The molecule has 24 heavy (non-hydrogen) atoms. The number of thioether (sulfide) groups is 1. The zero-order chi connectivity index (χ0) is 16.4. The van der Waals surface area contributed by atoms with Gasteiger partial charge in [-0.05, 0) is 18.4 Å². The second-order valence-corrected chi connectivity index (χ2v) is 7.00. The number of nitrogens with one attached hydrogen (secondary N) is 1. The van der Waals surface area contributed by atoms with Gasteiger partial charge in [0.15, 0.2) is 11.6 Å². The van der Waals surface area contributed by atoms with Gasteiger partial charge >= 0.3 is 0 Å². The second kappa shape index (κ2) is 6.58. The van der Waals surface area contributed by atoms with E-state index in [1.54, 1.807) is 11.3 Å². The van der Waals surface area contributed by atoms with Gasteiger partial charge in [0, 0.05) is 5.56 Å². The molecule has 6 nitrogen and oxygen atoms in total. The van der Waals surface area contributed by atoms with Gasteiger partial charge in [0.05, 0.1) is 10.6 Å². The molecule has 8 heteroatoms. The summed E-state index contributed by atoms with van der Waals surface area (Å²) >= 11 is 3.04. The number of nitrogens with zero attached hydrogens (tertiary/aromatic N) is 4. The standard InChI is InChI=1S/C16H13N5OS2/c1-10-4-6-11(7-5-10)14-18-16(20-19-14)24-9-13-17-15(22-21-13)12-3-2-8-23-12/h2-8H,9H2,1H3,(H,18,19,20). The van der Waals surface area contributed by atoms with E-state index in [1.165, 1.54) is 17.3 Å². The molecule has 4 rings (SSSR count). The number of rotatable bonds is 5. The SMILES string of the molecule is Cc1ccc(-c2nc(SCc3noc(-c4cccs4)n3)n[nH]2)cc1. The fourth-order valence-electron chi connectivity index (χ4n) is 2.09. The van der Waals surface area contributed by atoms with Gasteiger partial charge in [0.2, 0.25) is 5.16 Å². The smallest absolute Gasteiger partial charge is 0.268 e. The highest BCUT2D eigenvalue weighted by Gasteiger charge is 2.12. The average molecular weight is 355 g/mol. The van der Waals surface area contributed by atoms with Crippen LogP contribution in [0.3, 0.4) is 0 Å². The van der Waals surface area contributed by atoms with E-state index in [4.69, 9.17) is 4.52 Å². The molecule has 4 aromatic rings. The minimum atomic E-state index is 0.552. The van der Waals surface area contributed by atoms with Crippen LogP contribution < -0.4 is 0 Å². The highest BCUT2D eigenvalue weighted by Crippen LogP contribution is 2.25. The van der Waals surface area contributed by atoms with Crippen molar-refractivity contribution in [2.75, 3.05) is 0 Å². The van der Waals surface area contributed by atoms with Crippen molar-refractivity contribution in [2.45, 2.75) is 17.8 Å². The highest BCUT2D eigenvalue weighted by molar-refractivity contribution is 7.98. The number of aromatic nitrogens is 5. The van der Waals surface area contributed by atoms with Gasteiger partial charge in [-0.2, -0.15) is 4.98 Å². The van der Waals surface area contributed by atoms with Crippen LogP contribution in [0.5, 0.6) is 0 Å². The Hall–Kier alpha value is -2.45.